The van der Waals surface area contributed by atoms with Gasteiger partial charge < -0.3 is 14.6 Å². The Morgan fingerprint density at radius 1 is 0.769 bits per heavy atom. The Hall–Kier alpha value is -1.10. The highest BCUT2D eigenvalue weighted by Crippen LogP contribution is 2.27. The molecule has 2 unspecified atom stereocenters. The van der Waals surface area contributed by atoms with Gasteiger partial charge in [-0.25, -0.2) is 0 Å². The predicted molar refractivity (Wildman–Crippen MR) is 104 cm³/mol. The van der Waals surface area contributed by atoms with Crippen LogP contribution in [0.1, 0.15) is 81.1 Å². The van der Waals surface area contributed by atoms with Crippen LogP contribution in [0.25, 0.3) is 0 Å². The largest absolute Gasteiger partial charge is 0.463 e. The van der Waals surface area contributed by atoms with Crippen LogP contribution in [0.5, 0.6) is 0 Å². The lowest BCUT2D eigenvalue weighted by molar-refractivity contribution is -0.153. The number of esters is 2. The number of aliphatic hydroxyl groups excluding tert-OH is 1. The molecule has 0 saturated carbocycles. The minimum Gasteiger partial charge on any atom is -0.463 e. The average Bonchev–Trinajstić information content (AvgIpc) is 2.38. The molecule has 0 aliphatic rings. The van der Waals surface area contributed by atoms with Crippen molar-refractivity contribution < 1.29 is 24.2 Å². The maximum atomic E-state index is 11.8. The van der Waals surface area contributed by atoms with Gasteiger partial charge in [0.25, 0.3) is 0 Å². The molecule has 0 aromatic heterocycles. The molecule has 0 bridgehead atoms. The van der Waals surface area contributed by atoms with E-state index in [0.29, 0.717) is 12.8 Å². The highest BCUT2D eigenvalue weighted by molar-refractivity contribution is 5.70. The zero-order valence-corrected chi connectivity index (χ0v) is 18.1. The predicted octanol–water partition coefficient (Wildman–Crippen LogP) is 4.36. The van der Waals surface area contributed by atoms with Gasteiger partial charge in [0.15, 0.2) is 0 Å². The number of aliphatic hydroxyl groups is 1. The van der Waals surface area contributed by atoms with Crippen molar-refractivity contribution >= 4 is 11.9 Å². The molecule has 0 saturated heterocycles. The van der Waals surface area contributed by atoms with E-state index in [1.54, 1.807) is 0 Å². The maximum Gasteiger partial charge on any atom is 0.306 e. The van der Waals surface area contributed by atoms with Crippen molar-refractivity contribution in [2.45, 2.75) is 87.2 Å². The van der Waals surface area contributed by atoms with E-state index < -0.39 is 6.10 Å². The highest BCUT2D eigenvalue weighted by Gasteiger charge is 2.21. The van der Waals surface area contributed by atoms with Crippen LogP contribution < -0.4 is 0 Å². The molecule has 0 heterocycles. The molecule has 0 aliphatic carbocycles. The summed E-state index contributed by atoms with van der Waals surface area (Å²) in [6, 6.07) is 0. The number of carbonyl (C=O) groups excluding carboxylic acids is 2. The van der Waals surface area contributed by atoms with E-state index in [-0.39, 0.29) is 47.8 Å². The lowest BCUT2D eigenvalue weighted by atomic mass is 9.84. The molecular weight excluding hydrogens is 332 g/mol. The van der Waals surface area contributed by atoms with Gasteiger partial charge in [0.1, 0.15) is 19.3 Å². The molecule has 1 N–H and O–H groups in total. The fraction of sp³-hybridized carbons (Fsp3) is 0.905. The maximum absolute atomic E-state index is 11.8. The van der Waals surface area contributed by atoms with E-state index in [2.05, 4.69) is 41.5 Å². The van der Waals surface area contributed by atoms with E-state index in [1.807, 2.05) is 13.8 Å². The summed E-state index contributed by atoms with van der Waals surface area (Å²) >= 11 is 0. The van der Waals surface area contributed by atoms with Crippen LogP contribution in [0.4, 0.5) is 0 Å². The van der Waals surface area contributed by atoms with Gasteiger partial charge >= 0.3 is 11.9 Å². The topological polar surface area (TPSA) is 72.8 Å². The minimum absolute atomic E-state index is 0.147. The van der Waals surface area contributed by atoms with Crippen LogP contribution in [-0.4, -0.2) is 36.4 Å². The summed E-state index contributed by atoms with van der Waals surface area (Å²) in [5.41, 5.74) is 0.328. The van der Waals surface area contributed by atoms with Crippen molar-refractivity contribution in [2.24, 2.45) is 22.7 Å². The van der Waals surface area contributed by atoms with Crippen molar-refractivity contribution in [3.63, 3.8) is 0 Å². The van der Waals surface area contributed by atoms with Gasteiger partial charge in [0, 0.05) is 12.8 Å². The second-order valence-corrected chi connectivity index (χ2v) is 10.2. The fourth-order valence-corrected chi connectivity index (χ4v) is 3.35. The molecule has 0 aromatic rings. The zero-order valence-electron chi connectivity index (χ0n) is 18.1. The molecule has 0 fully saturated rings. The summed E-state index contributed by atoms with van der Waals surface area (Å²) in [6.07, 6.45) is 1.52. The van der Waals surface area contributed by atoms with E-state index in [1.165, 1.54) is 0 Å². The van der Waals surface area contributed by atoms with Crippen LogP contribution in [0, 0.1) is 22.7 Å². The third kappa shape index (κ3) is 15.2. The summed E-state index contributed by atoms with van der Waals surface area (Å²) in [4.78, 5) is 23.6. The molecule has 0 amide bonds. The summed E-state index contributed by atoms with van der Waals surface area (Å²) in [5, 5.41) is 9.83. The quantitative estimate of drug-likeness (QED) is 0.577. The molecule has 154 valence electrons. The number of rotatable bonds is 10. The molecule has 0 radical (unpaired) electrons. The molecule has 26 heavy (non-hydrogen) atoms. The number of hydrogen-bond acceptors (Lipinski definition) is 5. The second kappa shape index (κ2) is 10.9. The van der Waals surface area contributed by atoms with Crippen molar-refractivity contribution in [3.05, 3.63) is 0 Å². The van der Waals surface area contributed by atoms with Gasteiger partial charge in [-0.1, -0.05) is 55.4 Å². The first-order chi connectivity index (χ1) is 11.7. The fourth-order valence-electron chi connectivity index (χ4n) is 3.35. The summed E-state index contributed by atoms with van der Waals surface area (Å²) in [7, 11) is 0. The summed E-state index contributed by atoms with van der Waals surface area (Å²) < 4.78 is 10.2. The van der Waals surface area contributed by atoms with Crippen LogP contribution >= 0.6 is 0 Å². The monoisotopic (exact) mass is 372 g/mol. The Balaban J connectivity index is 3.99. The lowest BCUT2D eigenvalue weighted by Crippen LogP contribution is -2.26. The van der Waals surface area contributed by atoms with Crippen molar-refractivity contribution in [2.75, 3.05) is 13.2 Å². The Kier molecular flexibility index (Phi) is 10.4. The number of hydrogen-bond donors (Lipinski definition) is 1. The van der Waals surface area contributed by atoms with Crippen molar-refractivity contribution in [3.8, 4) is 0 Å². The van der Waals surface area contributed by atoms with Gasteiger partial charge in [0.05, 0.1) is 0 Å². The van der Waals surface area contributed by atoms with Crippen molar-refractivity contribution in [1.82, 2.24) is 0 Å². The molecule has 5 nitrogen and oxygen atoms in total. The first-order valence-electron chi connectivity index (χ1n) is 9.67. The highest BCUT2D eigenvalue weighted by atomic mass is 16.6. The summed E-state index contributed by atoms with van der Waals surface area (Å²) in [5.74, 6) is -0.208. The molecule has 0 spiro atoms. The molecule has 2 atom stereocenters. The third-order valence-corrected chi connectivity index (χ3v) is 3.83. The molecule has 5 heteroatoms. The van der Waals surface area contributed by atoms with Gasteiger partial charge in [0.2, 0.25) is 0 Å². The van der Waals surface area contributed by atoms with E-state index in [9.17, 15) is 14.7 Å². The Labute approximate surface area is 159 Å². The summed E-state index contributed by atoms with van der Waals surface area (Å²) in [6.45, 7) is 16.5. The first kappa shape index (κ1) is 24.9. The molecule has 0 rings (SSSR count). The average molecular weight is 373 g/mol. The Morgan fingerprint density at radius 2 is 1.08 bits per heavy atom. The van der Waals surface area contributed by atoms with Crippen LogP contribution in [-0.2, 0) is 19.1 Å². The second-order valence-electron chi connectivity index (χ2n) is 10.2. The third-order valence-electron chi connectivity index (χ3n) is 3.83. The Morgan fingerprint density at radius 3 is 1.35 bits per heavy atom. The van der Waals surface area contributed by atoms with E-state index in [0.717, 1.165) is 12.8 Å². The molecule has 0 aromatic carbocycles. The van der Waals surface area contributed by atoms with Gasteiger partial charge in [-0.2, -0.15) is 0 Å². The SMILES string of the molecule is CC(CC(=O)OCC(O)COC(=O)CC(C)CC(C)(C)C)CC(C)(C)C. The van der Waals surface area contributed by atoms with E-state index in [4.69, 9.17) is 9.47 Å². The first-order valence-corrected chi connectivity index (χ1v) is 9.67. The van der Waals surface area contributed by atoms with Gasteiger partial charge in [-0.15, -0.1) is 0 Å². The molecular formula is C21H40O5. The zero-order chi connectivity index (χ0) is 20.5. The Bertz CT molecular complexity index is 391. The molecule has 0 aliphatic heterocycles. The van der Waals surface area contributed by atoms with Crippen LogP contribution in [0.15, 0.2) is 0 Å². The van der Waals surface area contributed by atoms with Crippen LogP contribution in [0.2, 0.25) is 0 Å². The smallest absolute Gasteiger partial charge is 0.306 e. The minimum atomic E-state index is -0.987. The van der Waals surface area contributed by atoms with Crippen LogP contribution in [0.3, 0.4) is 0 Å². The van der Waals surface area contributed by atoms with E-state index >= 15 is 0 Å². The van der Waals surface area contributed by atoms with Gasteiger partial charge in [-0.05, 0) is 35.5 Å². The van der Waals surface area contributed by atoms with Gasteiger partial charge in [-0.3, -0.25) is 9.59 Å². The lowest BCUT2D eigenvalue weighted by Gasteiger charge is -2.23. The number of ether oxygens (including phenoxy) is 2. The number of carbonyl (C=O) groups is 2. The van der Waals surface area contributed by atoms with Crippen molar-refractivity contribution in [1.29, 1.82) is 0 Å². The normalized spacial score (nSPS) is 15.9. The standard InChI is InChI=1S/C21H40O5/c1-15(11-20(3,4)5)9-18(23)25-13-17(22)14-26-19(24)10-16(2)12-21(6,7)8/h15-17,22H,9-14H2,1-8H3.